The first-order chi connectivity index (χ1) is 5.02. The summed E-state index contributed by atoms with van der Waals surface area (Å²) in [5, 5.41) is 8.47. The second-order valence-corrected chi connectivity index (χ2v) is 3.70. The first-order valence-corrected chi connectivity index (χ1v) is 3.76. The van der Waals surface area contributed by atoms with E-state index in [-0.39, 0.29) is 11.5 Å². The average molecular weight is 160 g/mol. The molecule has 0 amide bonds. The van der Waals surface area contributed by atoms with Gasteiger partial charge in [0, 0.05) is 6.42 Å². The SMILES string of the molecule is CC(C)(C)C(CCC=O)OO. The van der Waals surface area contributed by atoms with Gasteiger partial charge in [0.1, 0.15) is 6.29 Å². The zero-order valence-electron chi connectivity index (χ0n) is 7.33. The van der Waals surface area contributed by atoms with Crippen molar-refractivity contribution in [2.24, 2.45) is 5.41 Å². The van der Waals surface area contributed by atoms with Gasteiger partial charge in [-0.25, -0.2) is 4.89 Å². The molecule has 0 spiro atoms. The van der Waals surface area contributed by atoms with Crippen LogP contribution in [0.4, 0.5) is 0 Å². The molecule has 3 nitrogen and oxygen atoms in total. The van der Waals surface area contributed by atoms with E-state index in [4.69, 9.17) is 5.26 Å². The monoisotopic (exact) mass is 160 g/mol. The summed E-state index contributed by atoms with van der Waals surface area (Å²) in [5.74, 6) is 0. The normalized spacial score (nSPS) is 14.5. The molecule has 0 aliphatic carbocycles. The molecule has 66 valence electrons. The number of hydrogen-bond donors (Lipinski definition) is 1. The molecule has 0 aromatic rings. The van der Waals surface area contributed by atoms with Crippen molar-refractivity contribution in [1.82, 2.24) is 0 Å². The summed E-state index contributed by atoms with van der Waals surface area (Å²) in [6.07, 6.45) is 1.58. The van der Waals surface area contributed by atoms with Crippen molar-refractivity contribution in [2.75, 3.05) is 0 Å². The third-order valence-corrected chi connectivity index (χ3v) is 1.64. The summed E-state index contributed by atoms with van der Waals surface area (Å²) in [6, 6.07) is 0. The van der Waals surface area contributed by atoms with Crippen LogP contribution < -0.4 is 0 Å². The molecule has 0 aliphatic rings. The molecule has 0 heterocycles. The van der Waals surface area contributed by atoms with Gasteiger partial charge >= 0.3 is 0 Å². The fraction of sp³-hybridized carbons (Fsp3) is 0.875. The van der Waals surface area contributed by atoms with Crippen LogP contribution in [-0.2, 0) is 9.68 Å². The Hall–Kier alpha value is -0.410. The smallest absolute Gasteiger partial charge is 0.120 e. The van der Waals surface area contributed by atoms with Crippen LogP contribution in [0.3, 0.4) is 0 Å². The van der Waals surface area contributed by atoms with Crippen LogP contribution >= 0.6 is 0 Å². The van der Waals surface area contributed by atoms with Crippen LogP contribution in [0.2, 0.25) is 0 Å². The van der Waals surface area contributed by atoms with Crippen molar-refractivity contribution in [3.05, 3.63) is 0 Å². The Morgan fingerprint density at radius 1 is 1.55 bits per heavy atom. The zero-order chi connectivity index (χ0) is 8.91. The second-order valence-electron chi connectivity index (χ2n) is 3.70. The second kappa shape index (κ2) is 4.46. The van der Waals surface area contributed by atoms with Crippen LogP contribution in [0, 0.1) is 5.41 Å². The highest BCUT2D eigenvalue weighted by Crippen LogP contribution is 2.24. The van der Waals surface area contributed by atoms with E-state index in [2.05, 4.69) is 4.89 Å². The molecule has 0 aliphatic heterocycles. The topological polar surface area (TPSA) is 46.5 Å². The van der Waals surface area contributed by atoms with E-state index in [0.717, 1.165) is 6.29 Å². The van der Waals surface area contributed by atoms with Crippen molar-refractivity contribution < 1.29 is 14.9 Å². The minimum atomic E-state index is -0.257. The molecular weight excluding hydrogens is 144 g/mol. The maximum atomic E-state index is 10.0. The Balaban J connectivity index is 3.85. The third kappa shape index (κ3) is 4.11. The van der Waals surface area contributed by atoms with Crippen molar-refractivity contribution in [3.63, 3.8) is 0 Å². The van der Waals surface area contributed by atoms with Gasteiger partial charge in [0.25, 0.3) is 0 Å². The molecule has 0 saturated carbocycles. The first-order valence-electron chi connectivity index (χ1n) is 3.76. The minimum Gasteiger partial charge on any atom is -0.303 e. The fourth-order valence-corrected chi connectivity index (χ4v) is 0.863. The summed E-state index contributed by atoms with van der Waals surface area (Å²) in [5.41, 5.74) is -0.113. The summed E-state index contributed by atoms with van der Waals surface area (Å²) in [4.78, 5) is 14.3. The molecule has 3 heteroatoms. The zero-order valence-corrected chi connectivity index (χ0v) is 7.33. The number of carbonyl (C=O) groups excluding carboxylic acids is 1. The highest BCUT2D eigenvalue weighted by atomic mass is 17.1. The minimum absolute atomic E-state index is 0.113. The molecule has 0 rings (SSSR count). The first kappa shape index (κ1) is 10.6. The van der Waals surface area contributed by atoms with E-state index >= 15 is 0 Å². The van der Waals surface area contributed by atoms with Gasteiger partial charge in [0.15, 0.2) is 0 Å². The molecule has 1 unspecified atom stereocenters. The summed E-state index contributed by atoms with van der Waals surface area (Å²) in [7, 11) is 0. The Bertz CT molecular complexity index is 115. The Morgan fingerprint density at radius 3 is 2.36 bits per heavy atom. The van der Waals surface area contributed by atoms with Gasteiger partial charge in [-0.3, -0.25) is 5.26 Å². The van der Waals surface area contributed by atoms with Gasteiger partial charge in [-0.1, -0.05) is 20.8 Å². The van der Waals surface area contributed by atoms with Gasteiger partial charge in [-0.05, 0) is 11.8 Å². The maximum Gasteiger partial charge on any atom is 0.120 e. The van der Waals surface area contributed by atoms with Crippen molar-refractivity contribution >= 4 is 6.29 Å². The number of carbonyl (C=O) groups is 1. The largest absolute Gasteiger partial charge is 0.303 e. The summed E-state index contributed by atoms with van der Waals surface area (Å²) in [6.45, 7) is 5.87. The molecular formula is C8H16O3. The molecule has 0 radical (unpaired) electrons. The van der Waals surface area contributed by atoms with E-state index in [1.807, 2.05) is 20.8 Å². The van der Waals surface area contributed by atoms with Crippen LogP contribution in [-0.4, -0.2) is 17.6 Å². The molecule has 0 fully saturated rings. The van der Waals surface area contributed by atoms with Crippen molar-refractivity contribution in [2.45, 2.75) is 39.7 Å². The summed E-state index contributed by atoms with van der Waals surface area (Å²) >= 11 is 0. The van der Waals surface area contributed by atoms with Crippen molar-refractivity contribution in [1.29, 1.82) is 0 Å². The summed E-state index contributed by atoms with van der Waals surface area (Å²) < 4.78 is 0. The lowest BCUT2D eigenvalue weighted by molar-refractivity contribution is -0.300. The fourth-order valence-electron chi connectivity index (χ4n) is 0.863. The van der Waals surface area contributed by atoms with Gasteiger partial charge in [-0.2, -0.15) is 0 Å². The average Bonchev–Trinajstić information content (AvgIpc) is 1.87. The van der Waals surface area contributed by atoms with Gasteiger partial charge in [0.2, 0.25) is 0 Å². The van der Waals surface area contributed by atoms with Gasteiger partial charge in [0.05, 0.1) is 6.10 Å². The lowest BCUT2D eigenvalue weighted by atomic mass is 9.87. The Morgan fingerprint density at radius 2 is 2.09 bits per heavy atom. The lowest BCUT2D eigenvalue weighted by Gasteiger charge is -2.26. The molecule has 1 atom stereocenters. The Kier molecular flexibility index (Phi) is 4.30. The molecule has 1 N–H and O–H groups in total. The highest BCUT2D eigenvalue weighted by molar-refractivity contribution is 5.49. The van der Waals surface area contributed by atoms with E-state index < -0.39 is 0 Å². The highest BCUT2D eigenvalue weighted by Gasteiger charge is 2.24. The van der Waals surface area contributed by atoms with E-state index in [9.17, 15) is 4.79 Å². The Labute approximate surface area is 67.3 Å². The van der Waals surface area contributed by atoms with Gasteiger partial charge in [-0.15, -0.1) is 0 Å². The van der Waals surface area contributed by atoms with Crippen LogP contribution in [0.1, 0.15) is 33.6 Å². The molecule has 11 heavy (non-hydrogen) atoms. The van der Waals surface area contributed by atoms with Crippen LogP contribution in [0.25, 0.3) is 0 Å². The van der Waals surface area contributed by atoms with E-state index in [1.165, 1.54) is 0 Å². The predicted octanol–water partition coefficient (Wildman–Crippen LogP) is 1.87. The quantitative estimate of drug-likeness (QED) is 0.388. The third-order valence-electron chi connectivity index (χ3n) is 1.64. The number of aldehydes is 1. The molecule has 0 bridgehead atoms. The molecule has 0 aromatic carbocycles. The predicted molar refractivity (Wildman–Crippen MR) is 42.3 cm³/mol. The van der Waals surface area contributed by atoms with Gasteiger partial charge < -0.3 is 4.79 Å². The number of hydrogen-bond acceptors (Lipinski definition) is 3. The standard InChI is InChI=1S/C8H16O3/c1-8(2,3)7(11-10)5-4-6-9/h6-7,10H,4-5H2,1-3H3. The van der Waals surface area contributed by atoms with Crippen LogP contribution in [0.15, 0.2) is 0 Å². The maximum absolute atomic E-state index is 10.0. The molecule has 0 saturated heterocycles. The lowest BCUT2D eigenvalue weighted by Crippen LogP contribution is -2.28. The van der Waals surface area contributed by atoms with Crippen LogP contribution in [0.5, 0.6) is 0 Å². The van der Waals surface area contributed by atoms with Crippen molar-refractivity contribution in [3.8, 4) is 0 Å². The van der Waals surface area contributed by atoms with E-state index in [0.29, 0.717) is 12.8 Å². The molecule has 0 aromatic heterocycles. The van der Waals surface area contributed by atoms with E-state index in [1.54, 1.807) is 0 Å². The number of rotatable bonds is 4.